The molecule has 0 aliphatic heterocycles. The lowest BCUT2D eigenvalue weighted by molar-refractivity contribution is -0.122. The van der Waals surface area contributed by atoms with Crippen LogP contribution in [-0.4, -0.2) is 20.1 Å². The molecule has 0 aliphatic rings. The summed E-state index contributed by atoms with van der Waals surface area (Å²) in [4.78, 5) is 24.7. The smallest absolute Gasteiger partial charge is 0.291 e. The van der Waals surface area contributed by atoms with Crippen LogP contribution in [0.4, 0.5) is 0 Å². The van der Waals surface area contributed by atoms with E-state index in [0.717, 1.165) is 21.5 Å². The first-order valence-corrected chi connectivity index (χ1v) is 7.90. The van der Waals surface area contributed by atoms with Crippen LogP contribution in [0.1, 0.15) is 11.3 Å². The first-order valence-electron chi connectivity index (χ1n) is 7.90. The summed E-state index contributed by atoms with van der Waals surface area (Å²) < 4.78 is 8.37. The van der Waals surface area contributed by atoms with Gasteiger partial charge in [0.15, 0.2) is 5.58 Å². The third-order valence-corrected chi connectivity index (χ3v) is 4.04. The van der Waals surface area contributed by atoms with Gasteiger partial charge in [-0.25, -0.2) is 4.68 Å². The van der Waals surface area contributed by atoms with Gasteiger partial charge in [0, 0.05) is 18.7 Å². The van der Waals surface area contributed by atoms with Crippen LogP contribution in [-0.2, 0) is 17.9 Å². The van der Waals surface area contributed by atoms with E-state index in [9.17, 15) is 9.59 Å². The Morgan fingerprint density at radius 3 is 2.80 bits per heavy atom. The summed E-state index contributed by atoms with van der Waals surface area (Å²) in [6.07, 6.45) is 1.53. The van der Waals surface area contributed by atoms with Crippen LogP contribution in [0.5, 0.6) is 0 Å². The molecule has 4 aromatic rings. The number of aromatic nitrogens is 3. The summed E-state index contributed by atoms with van der Waals surface area (Å²) in [5.74, 6) is 0.498. The Kier molecular flexibility index (Phi) is 3.61. The van der Waals surface area contributed by atoms with E-state index in [1.807, 2.05) is 43.3 Å². The lowest BCUT2D eigenvalue weighted by Crippen LogP contribution is -2.33. The van der Waals surface area contributed by atoms with E-state index in [2.05, 4.69) is 10.4 Å². The summed E-state index contributed by atoms with van der Waals surface area (Å²) in [7, 11) is 0. The van der Waals surface area contributed by atoms with Gasteiger partial charge < -0.3 is 9.73 Å². The molecule has 3 heterocycles. The van der Waals surface area contributed by atoms with Crippen molar-refractivity contribution >= 4 is 22.5 Å². The highest BCUT2D eigenvalue weighted by Crippen LogP contribution is 2.21. The van der Waals surface area contributed by atoms with E-state index >= 15 is 0 Å². The number of nitrogens with zero attached hydrogens (tertiary/aromatic N) is 3. The van der Waals surface area contributed by atoms with Crippen LogP contribution in [0.2, 0.25) is 0 Å². The highest BCUT2D eigenvalue weighted by Gasteiger charge is 2.13. The van der Waals surface area contributed by atoms with E-state index in [1.165, 1.54) is 6.33 Å². The molecule has 1 N–H and O–H groups in total. The van der Waals surface area contributed by atoms with Crippen LogP contribution in [0.25, 0.3) is 16.6 Å². The van der Waals surface area contributed by atoms with Gasteiger partial charge in [-0.15, -0.1) is 0 Å². The topological polar surface area (TPSA) is 81.5 Å². The molecule has 0 saturated carbocycles. The normalized spacial score (nSPS) is 11.2. The molecule has 0 unspecified atom stereocenters. The van der Waals surface area contributed by atoms with E-state index < -0.39 is 0 Å². The van der Waals surface area contributed by atoms with Gasteiger partial charge in [0.2, 0.25) is 5.91 Å². The van der Waals surface area contributed by atoms with Crippen LogP contribution >= 0.6 is 0 Å². The second-order valence-electron chi connectivity index (χ2n) is 5.86. The lowest BCUT2D eigenvalue weighted by Gasteiger charge is -2.07. The largest absolute Gasteiger partial charge is 0.460 e. The number of fused-ring (bicyclic) bond motifs is 3. The van der Waals surface area contributed by atoms with Crippen molar-refractivity contribution in [2.24, 2.45) is 0 Å². The Labute approximate surface area is 142 Å². The van der Waals surface area contributed by atoms with Gasteiger partial charge in [0.05, 0.1) is 5.52 Å². The molecule has 0 aliphatic carbocycles. The van der Waals surface area contributed by atoms with Crippen molar-refractivity contribution in [3.05, 3.63) is 70.5 Å². The summed E-state index contributed by atoms with van der Waals surface area (Å²) in [6, 6.07) is 13.1. The Morgan fingerprint density at radius 1 is 1.20 bits per heavy atom. The van der Waals surface area contributed by atoms with E-state index in [0.29, 0.717) is 17.6 Å². The lowest BCUT2D eigenvalue weighted by atomic mass is 10.2. The predicted molar refractivity (Wildman–Crippen MR) is 92.2 cm³/mol. The number of carbonyl (C=O) groups excluding carboxylic acids is 1. The molecule has 0 radical (unpaired) electrons. The number of carbonyl (C=O) groups is 1. The first kappa shape index (κ1) is 15.2. The van der Waals surface area contributed by atoms with Crippen molar-refractivity contribution in [1.82, 2.24) is 19.5 Å². The zero-order valence-corrected chi connectivity index (χ0v) is 13.6. The number of rotatable bonds is 4. The molecule has 0 fully saturated rings. The van der Waals surface area contributed by atoms with Gasteiger partial charge in [-0.05, 0) is 12.5 Å². The first-order chi connectivity index (χ1) is 12.1. The number of hydrogen-bond donors (Lipinski definition) is 1. The SMILES string of the molecule is Cc1cc2c(cc3c(=O)n(CC(=O)NCc4ccccc4)ncn32)o1. The van der Waals surface area contributed by atoms with Gasteiger partial charge >= 0.3 is 0 Å². The molecule has 0 atom stereocenters. The Morgan fingerprint density at radius 2 is 2.00 bits per heavy atom. The van der Waals surface area contributed by atoms with Gasteiger partial charge in [-0.1, -0.05) is 30.3 Å². The van der Waals surface area contributed by atoms with E-state index in [1.54, 1.807) is 10.5 Å². The molecule has 3 aromatic heterocycles. The van der Waals surface area contributed by atoms with Gasteiger partial charge in [0.1, 0.15) is 24.1 Å². The van der Waals surface area contributed by atoms with Crippen LogP contribution in [0.3, 0.4) is 0 Å². The molecule has 7 nitrogen and oxygen atoms in total. The standard InChI is InChI=1S/C18H16N4O3/c1-12-7-14-16(25-12)8-15-18(24)22(20-11-21(14)15)10-17(23)19-9-13-5-3-2-4-6-13/h2-8,11H,9-10H2,1H3,(H,19,23). The van der Waals surface area contributed by atoms with Crippen molar-refractivity contribution in [1.29, 1.82) is 0 Å². The number of aryl methyl sites for hydroxylation is 1. The van der Waals surface area contributed by atoms with Crippen molar-refractivity contribution in [3.63, 3.8) is 0 Å². The third-order valence-electron chi connectivity index (χ3n) is 4.04. The second kappa shape index (κ2) is 5.94. The molecule has 0 bridgehead atoms. The van der Waals surface area contributed by atoms with Crippen LogP contribution in [0.15, 0.2) is 58.0 Å². The Bertz CT molecular complexity index is 1120. The minimum absolute atomic E-state index is 0.131. The average Bonchev–Trinajstić information content (AvgIpc) is 3.13. The highest BCUT2D eigenvalue weighted by molar-refractivity contribution is 5.82. The molecule has 4 rings (SSSR count). The molecular weight excluding hydrogens is 320 g/mol. The molecule has 1 aromatic carbocycles. The maximum absolute atomic E-state index is 12.5. The fourth-order valence-electron chi connectivity index (χ4n) is 2.82. The van der Waals surface area contributed by atoms with Crippen molar-refractivity contribution in [2.45, 2.75) is 20.0 Å². The van der Waals surface area contributed by atoms with Crippen molar-refractivity contribution < 1.29 is 9.21 Å². The van der Waals surface area contributed by atoms with Gasteiger partial charge in [0.25, 0.3) is 5.56 Å². The number of furan rings is 1. The summed E-state index contributed by atoms with van der Waals surface area (Å²) in [5, 5.41) is 6.89. The van der Waals surface area contributed by atoms with Gasteiger partial charge in [-0.2, -0.15) is 5.10 Å². The number of nitrogens with one attached hydrogen (secondary N) is 1. The highest BCUT2D eigenvalue weighted by atomic mass is 16.3. The predicted octanol–water partition coefficient (Wildman–Crippen LogP) is 1.87. The average molecular weight is 336 g/mol. The molecule has 1 amide bonds. The third kappa shape index (κ3) is 2.80. The zero-order valence-electron chi connectivity index (χ0n) is 13.6. The molecule has 7 heteroatoms. The number of hydrogen-bond acceptors (Lipinski definition) is 4. The summed E-state index contributed by atoms with van der Waals surface area (Å²) in [5.41, 5.74) is 2.51. The molecule has 25 heavy (non-hydrogen) atoms. The minimum Gasteiger partial charge on any atom is -0.460 e. The monoisotopic (exact) mass is 336 g/mol. The van der Waals surface area contributed by atoms with Crippen molar-refractivity contribution in [3.8, 4) is 0 Å². The molecule has 0 saturated heterocycles. The van der Waals surface area contributed by atoms with Crippen molar-refractivity contribution in [2.75, 3.05) is 0 Å². The quantitative estimate of drug-likeness (QED) is 0.617. The number of amides is 1. The van der Waals surface area contributed by atoms with Crippen LogP contribution < -0.4 is 10.9 Å². The Hall–Kier alpha value is -3.35. The van der Waals surface area contributed by atoms with Crippen LogP contribution in [0, 0.1) is 6.92 Å². The maximum atomic E-state index is 12.5. The fraction of sp³-hybridized carbons (Fsp3) is 0.167. The minimum atomic E-state index is -0.332. The fourth-order valence-corrected chi connectivity index (χ4v) is 2.82. The summed E-state index contributed by atoms with van der Waals surface area (Å²) in [6.45, 7) is 2.12. The van der Waals surface area contributed by atoms with Gasteiger partial charge in [-0.3, -0.25) is 14.0 Å². The maximum Gasteiger partial charge on any atom is 0.291 e. The Balaban J connectivity index is 1.56. The second-order valence-corrected chi connectivity index (χ2v) is 5.86. The summed E-state index contributed by atoms with van der Waals surface area (Å²) >= 11 is 0. The van der Waals surface area contributed by atoms with E-state index in [4.69, 9.17) is 4.42 Å². The number of benzene rings is 1. The molecular formula is C18H16N4O3. The van der Waals surface area contributed by atoms with E-state index in [-0.39, 0.29) is 18.0 Å². The molecule has 0 spiro atoms. The zero-order chi connectivity index (χ0) is 17.4. The molecule has 126 valence electrons.